The molecule has 2 nitrogen and oxygen atoms in total. The molecule has 0 aliphatic heterocycles. The number of halogens is 2. The lowest BCUT2D eigenvalue weighted by molar-refractivity contribution is 0.600. The molecule has 0 spiro atoms. The Morgan fingerprint density at radius 2 is 2.12 bits per heavy atom. The third-order valence-electron chi connectivity index (χ3n) is 2.61. The second-order valence-corrected chi connectivity index (χ2v) is 4.40. The largest absolute Gasteiger partial charge is 0.350 e. The minimum absolute atomic E-state index is 0.233. The van der Waals surface area contributed by atoms with Crippen LogP contribution in [-0.2, 0) is 13.0 Å². The maximum atomic E-state index is 13.5. The molecule has 0 radical (unpaired) electrons. The first-order chi connectivity index (χ1) is 8.19. The number of rotatable bonds is 4. The molecule has 0 fully saturated rings. The van der Waals surface area contributed by atoms with Gasteiger partial charge in [0.05, 0.1) is 0 Å². The van der Waals surface area contributed by atoms with Crippen LogP contribution in [0.2, 0.25) is 5.02 Å². The van der Waals surface area contributed by atoms with Crippen LogP contribution in [0.15, 0.2) is 36.7 Å². The predicted octanol–water partition coefficient (Wildman–Crippen LogP) is 2.83. The summed E-state index contributed by atoms with van der Waals surface area (Å²) in [4.78, 5) is 0. The van der Waals surface area contributed by atoms with Gasteiger partial charge in [-0.3, -0.25) is 0 Å². The fraction of sp³-hybridized carbons (Fsp3) is 0.231. The molecule has 0 saturated carbocycles. The maximum absolute atomic E-state index is 13.5. The Kier molecular flexibility index (Phi) is 3.82. The van der Waals surface area contributed by atoms with E-state index in [4.69, 9.17) is 17.3 Å². The van der Waals surface area contributed by atoms with Crippen LogP contribution in [0.1, 0.15) is 11.1 Å². The van der Waals surface area contributed by atoms with E-state index >= 15 is 0 Å². The summed E-state index contributed by atoms with van der Waals surface area (Å²) in [5, 5.41) is 0.552. The minimum Gasteiger partial charge on any atom is -0.350 e. The summed E-state index contributed by atoms with van der Waals surface area (Å²) in [5.74, 6) is -0.233. The zero-order chi connectivity index (χ0) is 12.3. The second-order valence-electron chi connectivity index (χ2n) is 3.97. The number of hydrogen-bond acceptors (Lipinski definition) is 1. The van der Waals surface area contributed by atoms with Gasteiger partial charge in [0.25, 0.3) is 0 Å². The average Bonchev–Trinajstić information content (AvgIpc) is 2.72. The van der Waals surface area contributed by atoms with E-state index in [0.717, 1.165) is 12.0 Å². The lowest BCUT2D eigenvalue weighted by Crippen LogP contribution is -2.02. The van der Waals surface area contributed by atoms with E-state index in [1.165, 1.54) is 6.07 Å². The maximum Gasteiger partial charge on any atom is 0.128 e. The van der Waals surface area contributed by atoms with Gasteiger partial charge in [0.2, 0.25) is 0 Å². The smallest absolute Gasteiger partial charge is 0.128 e. The van der Waals surface area contributed by atoms with Crippen LogP contribution in [0.4, 0.5) is 4.39 Å². The zero-order valence-corrected chi connectivity index (χ0v) is 10.1. The van der Waals surface area contributed by atoms with Gasteiger partial charge >= 0.3 is 0 Å². The average molecular weight is 253 g/mol. The molecular weight excluding hydrogens is 239 g/mol. The SMILES string of the molecule is NCCc1ccn(Cc2cc(Cl)ccc2F)c1. The quantitative estimate of drug-likeness (QED) is 0.891. The van der Waals surface area contributed by atoms with Crippen LogP contribution in [0, 0.1) is 5.82 Å². The highest BCUT2D eigenvalue weighted by molar-refractivity contribution is 6.30. The lowest BCUT2D eigenvalue weighted by atomic mass is 10.2. The Morgan fingerprint density at radius 1 is 1.29 bits per heavy atom. The molecule has 4 heteroatoms. The summed E-state index contributed by atoms with van der Waals surface area (Å²) >= 11 is 5.85. The number of benzene rings is 1. The summed E-state index contributed by atoms with van der Waals surface area (Å²) in [6.45, 7) is 1.10. The third-order valence-corrected chi connectivity index (χ3v) is 2.84. The molecule has 2 rings (SSSR count). The number of aromatic nitrogens is 1. The molecule has 0 aliphatic carbocycles. The van der Waals surface area contributed by atoms with E-state index in [1.54, 1.807) is 12.1 Å². The van der Waals surface area contributed by atoms with Gasteiger partial charge in [-0.15, -0.1) is 0 Å². The Bertz CT molecular complexity index is 508. The van der Waals surface area contributed by atoms with Crippen molar-refractivity contribution in [3.05, 3.63) is 58.6 Å². The normalized spacial score (nSPS) is 10.8. The van der Waals surface area contributed by atoms with Crippen molar-refractivity contribution in [1.29, 1.82) is 0 Å². The lowest BCUT2D eigenvalue weighted by Gasteiger charge is -2.05. The molecule has 0 unspecified atom stereocenters. The summed E-state index contributed by atoms with van der Waals surface area (Å²) in [7, 11) is 0. The Balaban J connectivity index is 2.16. The van der Waals surface area contributed by atoms with Gasteiger partial charge in [-0.1, -0.05) is 11.6 Å². The fourth-order valence-electron chi connectivity index (χ4n) is 1.76. The molecule has 17 heavy (non-hydrogen) atoms. The number of nitrogens with zero attached hydrogens (tertiary/aromatic N) is 1. The highest BCUT2D eigenvalue weighted by atomic mass is 35.5. The van der Waals surface area contributed by atoms with Gasteiger partial charge < -0.3 is 10.3 Å². The van der Waals surface area contributed by atoms with Crippen molar-refractivity contribution in [3.8, 4) is 0 Å². The van der Waals surface area contributed by atoms with Gasteiger partial charge in [-0.2, -0.15) is 0 Å². The van der Waals surface area contributed by atoms with Crippen LogP contribution < -0.4 is 5.73 Å². The minimum atomic E-state index is -0.233. The molecule has 1 aromatic carbocycles. The van der Waals surface area contributed by atoms with Crippen molar-refractivity contribution in [2.45, 2.75) is 13.0 Å². The molecule has 0 amide bonds. The molecule has 0 saturated heterocycles. The monoisotopic (exact) mass is 252 g/mol. The van der Waals surface area contributed by atoms with E-state index in [1.807, 2.05) is 23.0 Å². The molecular formula is C13H14ClFN2. The number of hydrogen-bond donors (Lipinski definition) is 1. The Hall–Kier alpha value is -1.32. The molecule has 0 bridgehead atoms. The van der Waals surface area contributed by atoms with Gasteiger partial charge in [0, 0.05) is 29.5 Å². The molecule has 90 valence electrons. The van der Waals surface area contributed by atoms with Crippen LogP contribution >= 0.6 is 11.6 Å². The first-order valence-corrected chi connectivity index (χ1v) is 5.85. The van der Waals surface area contributed by atoms with Crippen LogP contribution in [0.5, 0.6) is 0 Å². The van der Waals surface area contributed by atoms with E-state index < -0.39 is 0 Å². The molecule has 0 aliphatic rings. The zero-order valence-electron chi connectivity index (χ0n) is 9.37. The van der Waals surface area contributed by atoms with Crippen molar-refractivity contribution in [3.63, 3.8) is 0 Å². The van der Waals surface area contributed by atoms with Crippen molar-refractivity contribution >= 4 is 11.6 Å². The van der Waals surface area contributed by atoms with Crippen molar-refractivity contribution < 1.29 is 4.39 Å². The number of nitrogens with two attached hydrogens (primary N) is 1. The van der Waals surface area contributed by atoms with Crippen molar-refractivity contribution in [2.75, 3.05) is 6.54 Å². The van der Waals surface area contributed by atoms with Crippen LogP contribution in [-0.4, -0.2) is 11.1 Å². The molecule has 1 aromatic heterocycles. The summed E-state index contributed by atoms with van der Waals surface area (Å²) in [6, 6.07) is 6.59. The van der Waals surface area contributed by atoms with Crippen LogP contribution in [0.3, 0.4) is 0 Å². The van der Waals surface area contributed by atoms with E-state index in [0.29, 0.717) is 23.7 Å². The van der Waals surface area contributed by atoms with Crippen LogP contribution in [0.25, 0.3) is 0 Å². The first kappa shape index (κ1) is 12.1. The molecule has 2 N–H and O–H groups in total. The van der Waals surface area contributed by atoms with Crippen molar-refractivity contribution in [2.24, 2.45) is 5.73 Å². The van der Waals surface area contributed by atoms with Gasteiger partial charge in [-0.05, 0) is 42.8 Å². The fourth-order valence-corrected chi connectivity index (χ4v) is 1.96. The molecule has 0 atom stereocenters. The standard InChI is InChI=1S/C13H14ClFN2/c14-12-1-2-13(15)11(7-12)9-17-6-4-10(8-17)3-5-16/h1-2,4,6-8H,3,5,9,16H2. The topological polar surface area (TPSA) is 30.9 Å². The highest BCUT2D eigenvalue weighted by Crippen LogP contribution is 2.16. The summed E-state index contributed by atoms with van der Waals surface area (Å²) in [5.41, 5.74) is 7.23. The predicted molar refractivity (Wildman–Crippen MR) is 67.7 cm³/mol. The van der Waals surface area contributed by atoms with E-state index in [-0.39, 0.29) is 5.82 Å². The van der Waals surface area contributed by atoms with Crippen molar-refractivity contribution in [1.82, 2.24) is 4.57 Å². The second kappa shape index (κ2) is 5.34. The third kappa shape index (κ3) is 3.08. The van der Waals surface area contributed by atoms with Gasteiger partial charge in [0.1, 0.15) is 5.82 Å². The van der Waals surface area contributed by atoms with E-state index in [2.05, 4.69) is 0 Å². The first-order valence-electron chi connectivity index (χ1n) is 5.47. The highest BCUT2D eigenvalue weighted by Gasteiger charge is 2.04. The van der Waals surface area contributed by atoms with E-state index in [9.17, 15) is 4.39 Å². The summed E-state index contributed by atoms with van der Waals surface area (Å²) in [6.07, 6.45) is 4.74. The Labute approximate surface area is 105 Å². The van der Waals surface area contributed by atoms with Gasteiger partial charge in [-0.25, -0.2) is 4.39 Å². The molecule has 1 heterocycles. The summed E-state index contributed by atoms with van der Waals surface area (Å²) < 4.78 is 15.4. The Morgan fingerprint density at radius 3 is 2.88 bits per heavy atom. The van der Waals surface area contributed by atoms with Gasteiger partial charge in [0.15, 0.2) is 0 Å². The molecule has 2 aromatic rings.